The lowest BCUT2D eigenvalue weighted by Gasteiger charge is -2.21. The van der Waals surface area contributed by atoms with Crippen LogP contribution in [-0.2, 0) is 65.4 Å². The smallest absolute Gasteiger partial charge is 0.462 e. The molecule has 0 aliphatic carbocycles. The molecule has 0 spiro atoms. The number of unbranched alkanes of at least 4 members (excludes halogenated alkanes) is 32. The highest BCUT2D eigenvalue weighted by atomic mass is 31.2. The van der Waals surface area contributed by atoms with Gasteiger partial charge in [0.1, 0.15) is 19.3 Å². The maximum atomic E-state index is 13.0. The van der Waals surface area contributed by atoms with Gasteiger partial charge in [0.2, 0.25) is 0 Å². The quantitative estimate of drug-likeness (QED) is 0.0169. The van der Waals surface area contributed by atoms with Crippen LogP contribution in [0.4, 0.5) is 0 Å². The van der Waals surface area contributed by atoms with Crippen molar-refractivity contribution < 1.29 is 80.2 Å². The molecule has 0 aliphatic rings. The molecule has 0 amide bonds. The molecule has 0 saturated heterocycles. The Balaban J connectivity index is 5.29. The Hall–Kier alpha value is -3.50. The van der Waals surface area contributed by atoms with Gasteiger partial charge >= 0.3 is 39.5 Å². The lowest BCUT2D eigenvalue weighted by atomic mass is 10.0. The van der Waals surface area contributed by atoms with Gasteiger partial charge < -0.3 is 33.8 Å². The summed E-state index contributed by atoms with van der Waals surface area (Å²) >= 11 is 0. The van der Waals surface area contributed by atoms with Crippen molar-refractivity contribution in [1.29, 1.82) is 0 Å². The molecule has 0 aliphatic heterocycles. The van der Waals surface area contributed by atoms with E-state index < -0.39 is 97.5 Å². The minimum atomic E-state index is -4.97. The number of carbonyl (C=O) groups is 4. The summed E-state index contributed by atoms with van der Waals surface area (Å²) in [6.45, 7) is 4.65. The van der Waals surface area contributed by atoms with Crippen molar-refractivity contribution in [3.05, 3.63) is 72.9 Å². The summed E-state index contributed by atoms with van der Waals surface area (Å²) in [5, 5.41) is 10.6. The number of phosphoric ester groups is 2. The van der Waals surface area contributed by atoms with E-state index in [1.807, 2.05) is 0 Å². The predicted molar refractivity (Wildman–Crippen MR) is 381 cm³/mol. The van der Waals surface area contributed by atoms with Crippen LogP contribution in [0.5, 0.6) is 0 Å². The minimum absolute atomic E-state index is 0.0843. The zero-order valence-electron chi connectivity index (χ0n) is 59.4. The van der Waals surface area contributed by atoms with E-state index in [1.54, 1.807) is 0 Å². The summed E-state index contributed by atoms with van der Waals surface area (Å²) in [5.74, 6) is -2.19. The molecule has 5 unspecified atom stereocenters. The maximum Gasteiger partial charge on any atom is 0.472 e. The van der Waals surface area contributed by atoms with E-state index in [0.29, 0.717) is 25.7 Å². The molecule has 0 aromatic heterocycles. The number of allylic oxidation sites excluding steroid dienone is 12. The zero-order chi connectivity index (χ0) is 69.0. The summed E-state index contributed by atoms with van der Waals surface area (Å²) in [6, 6.07) is 0. The number of aliphatic hydroxyl groups is 1. The Bertz CT molecular complexity index is 2070. The summed E-state index contributed by atoms with van der Waals surface area (Å²) < 4.78 is 68.3. The number of aliphatic hydroxyl groups excluding tert-OH is 1. The van der Waals surface area contributed by atoms with Gasteiger partial charge in [0.25, 0.3) is 0 Å². The fraction of sp³-hybridized carbons (Fsp3) is 0.787. The maximum absolute atomic E-state index is 13.0. The van der Waals surface area contributed by atoms with Crippen molar-refractivity contribution in [2.75, 3.05) is 39.6 Å². The lowest BCUT2D eigenvalue weighted by Crippen LogP contribution is -2.30. The van der Waals surface area contributed by atoms with Crippen LogP contribution in [0.3, 0.4) is 0 Å². The van der Waals surface area contributed by atoms with Gasteiger partial charge in [0, 0.05) is 25.7 Å². The minimum Gasteiger partial charge on any atom is -0.462 e. The Morgan fingerprint density at radius 2 is 0.585 bits per heavy atom. The topological polar surface area (TPSA) is 237 Å². The van der Waals surface area contributed by atoms with Crippen molar-refractivity contribution in [3.8, 4) is 0 Å². The second-order valence-electron chi connectivity index (χ2n) is 24.9. The molecule has 94 heavy (non-hydrogen) atoms. The average Bonchev–Trinajstić information content (AvgIpc) is 1.32. The van der Waals surface area contributed by atoms with Crippen molar-refractivity contribution >= 4 is 39.5 Å². The number of carbonyl (C=O) groups excluding carboxylic acids is 4. The molecule has 0 heterocycles. The highest BCUT2D eigenvalue weighted by molar-refractivity contribution is 7.47. The number of phosphoric acid groups is 2. The number of esters is 4. The Labute approximate surface area is 571 Å². The van der Waals surface area contributed by atoms with Gasteiger partial charge in [-0.2, -0.15) is 0 Å². The molecule has 5 atom stereocenters. The number of ether oxygens (including phenoxy) is 4. The van der Waals surface area contributed by atoms with Crippen LogP contribution in [0.1, 0.15) is 323 Å². The molecule has 0 aromatic carbocycles. The fourth-order valence-electron chi connectivity index (χ4n) is 9.96. The summed E-state index contributed by atoms with van der Waals surface area (Å²) in [5.41, 5.74) is 0. The van der Waals surface area contributed by atoms with E-state index in [1.165, 1.54) is 64.2 Å². The van der Waals surface area contributed by atoms with Crippen molar-refractivity contribution in [3.63, 3.8) is 0 Å². The average molecular weight is 1370 g/mol. The lowest BCUT2D eigenvalue weighted by molar-refractivity contribution is -0.161. The third kappa shape index (κ3) is 67.1. The third-order valence-electron chi connectivity index (χ3n) is 15.6. The van der Waals surface area contributed by atoms with Crippen LogP contribution in [0, 0.1) is 0 Å². The first kappa shape index (κ1) is 90.5. The molecular weight excluding hydrogens is 1230 g/mol. The monoisotopic (exact) mass is 1370 g/mol. The van der Waals surface area contributed by atoms with Gasteiger partial charge in [-0.25, -0.2) is 9.13 Å². The highest BCUT2D eigenvalue weighted by Gasteiger charge is 2.30. The Kier molecular flexibility index (Phi) is 65.5. The summed E-state index contributed by atoms with van der Waals surface area (Å²) in [4.78, 5) is 72.7. The van der Waals surface area contributed by atoms with E-state index in [9.17, 15) is 43.2 Å². The first-order valence-electron chi connectivity index (χ1n) is 37.2. The first-order valence-corrected chi connectivity index (χ1v) is 40.2. The largest absolute Gasteiger partial charge is 0.472 e. The first-order chi connectivity index (χ1) is 45.7. The van der Waals surface area contributed by atoms with Gasteiger partial charge in [0.15, 0.2) is 12.2 Å². The van der Waals surface area contributed by atoms with Crippen molar-refractivity contribution in [1.82, 2.24) is 0 Å². The standard InChI is InChI=1S/C75H134O17P2/c1-5-9-13-17-21-25-29-32-33-34-35-38-41-44-48-52-56-60-73(78)86-65-70(91-74(79)61-57-53-49-45-39-28-24-20-16-12-8-4)67-89-93(81,82)87-63-69(76)64-88-94(83,84)90-68-71(92-75(80)62-58-54-50-46-42-37-31-27-23-19-15-11-7-3)66-85-72(77)59-55-51-47-43-40-36-30-26-22-18-14-10-6-2/h9,13-14,18,20-21,24-26,30,32-33,69-71,76H,5-8,10-12,15-17,19,22-23,27-29,31,34-68H2,1-4H3,(H,81,82)(H,83,84)/b13-9-,18-14-,24-20-,25-21-,30-26-,33-32-. The van der Waals surface area contributed by atoms with Gasteiger partial charge in [-0.3, -0.25) is 37.3 Å². The molecule has 19 heteroatoms. The molecule has 3 N–H and O–H groups in total. The number of hydrogen-bond donors (Lipinski definition) is 3. The molecule has 0 rings (SSSR count). The van der Waals surface area contributed by atoms with E-state index in [-0.39, 0.29) is 25.7 Å². The van der Waals surface area contributed by atoms with Gasteiger partial charge in [-0.15, -0.1) is 0 Å². The second-order valence-corrected chi connectivity index (χ2v) is 27.8. The van der Waals surface area contributed by atoms with Gasteiger partial charge in [-0.05, 0) is 103 Å². The van der Waals surface area contributed by atoms with Crippen LogP contribution in [0.15, 0.2) is 72.9 Å². The molecular formula is C75H134O17P2. The van der Waals surface area contributed by atoms with Crippen LogP contribution in [0.25, 0.3) is 0 Å². The SMILES string of the molecule is CC/C=C\C/C=C\C/C=C\CCCCCCCCCC(=O)OCC(COP(=O)(O)OCC(O)COP(=O)(O)OCC(COC(=O)CCCCCCC/C=C\C/C=C\CCC)OC(=O)CCCCCCCCCCCCCCC)OC(=O)CCCCCCC/C=C\CCCC. The number of hydrogen-bond acceptors (Lipinski definition) is 15. The molecule has 546 valence electrons. The van der Waals surface area contributed by atoms with E-state index in [2.05, 4.69) is 101 Å². The molecule has 0 bridgehead atoms. The van der Waals surface area contributed by atoms with E-state index in [4.69, 9.17) is 37.0 Å². The molecule has 0 saturated carbocycles. The highest BCUT2D eigenvalue weighted by Crippen LogP contribution is 2.45. The van der Waals surface area contributed by atoms with Crippen LogP contribution in [0.2, 0.25) is 0 Å². The predicted octanol–water partition coefficient (Wildman–Crippen LogP) is 20.9. The van der Waals surface area contributed by atoms with E-state index in [0.717, 1.165) is 180 Å². The third-order valence-corrected chi connectivity index (χ3v) is 17.5. The Morgan fingerprint density at radius 3 is 0.936 bits per heavy atom. The normalized spacial score (nSPS) is 14.4. The van der Waals surface area contributed by atoms with Crippen molar-refractivity contribution in [2.45, 2.75) is 341 Å². The molecule has 0 aromatic rings. The van der Waals surface area contributed by atoms with E-state index >= 15 is 0 Å². The second kappa shape index (κ2) is 68.0. The van der Waals surface area contributed by atoms with Gasteiger partial charge in [-0.1, -0.05) is 268 Å². The summed E-state index contributed by atoms with van der Waals surface area (Å²) in [6.07, 6.45) is 66.2. The van der Waals surface area contributed by atoms with Crippen LogP contribution < -0.4 is 0 Å². The molecule has 17 nitrogen and oxygen atoms in total. The summed E-state index contributed by atoms with van der Waals surface area (Å²) in [7, 11) is -9.94. The van der Waals surface area contributed by atoms with Crippen LogP contribution >= 0.6 is 15.6 Å². The van der Waals surface area contributed by atoms with Gasteiger partial charge in [0.05, 0.1) is 26.4 Å². The van der Waals surface area contributed by atoms with Crippen molar-refractivity contribution in [2.24, 2.45) is 0 Å². The number of rotatable bonds is 70. The molecule has 0 radical (unpaired) electrons. The fourth-order valence-corrected chi connectivity index (χ4v) is 11.5. The molecule has 0 fully saturated rings. The Morgan fingerprint density at radius 1 is 0.309 bits per heavy atom. The van der Waals surface area contributed by atoms with Crippen LogP contribution in [-0.4, -0.2) is 96.7 Å². The zero-order valence-corrected chi connectivity index (χ0v) is 61.2.